The van der Waals surface area contributed by atoms with E-state index < -0.39 is 16.1 Å². The van der Waals surface area contributed by atoms with Crippen LogP contribution in [-0.4, -0.2) is 25.6 Å². The van der Waals surface area contributed by atoms with E-state index in [1.54, 1.807) is 31.4 Å². The fourth-order valence-electron chi connectivity index (χ4n) is 3.60. The van der Waals surface area contributed by atoms with Gasteiger partial charge >= 0.3 is 0 Å². The molecule has 9 nitrogen and oxygen atoms in total. The number of aromatic nitrogens is 3. The van der Waals surface area contributed by atoms with Crippen molar-refractivity contribution >= 4 is 29.0 Å². The van der Waals surface area contributed by atoms with Crippen molar-refractivity contribution in [2.24, 2.45) is 5.92 Å². The van der Waals surface area contributed by atoms with Crippen molar-refractivity contribution in [3.8, 4) is 11.6 Å². The quantitative estimate of drug-likeness (QED) is 0.176. The van der Waals surface area contributed by atoms with E-state index in [0.717, 1.165) is 11.1 Å². The Hall–Kier alpha value is -3.92. The number of thioether (sulfide) groups is 1. The van der Waals surface area contributed by atoms with Crippen LogP contribution in [0.4, 0.5) is 11.4 Å². The monoisotopic (exact) mass is 491 g/mol. The number of hydrogen-bond acceptors (Lipinski definition) is 7. The van der Waals surface area contributed by atoms with E-state index in [-0.39, 0.29) is 11.4 Å². The van der Waals surface area contributed by atoms with Crippen LogP contribution in [-0.2, 0) is 11.3 Å². The first-order valence-corrected chi connectivity index (χ1v) is 12.0. The number of nitro benzene ring substituents is 1. The number of carbonyl (C=O) groups is 1. The number of amides is 1. The summed E-state index contributed by atoms with van der Waals surface area (Å²) >= 11 is 1.24. The number of anilines is 1. The van der Waals surface area contributed by atoms with E-state index in [4.69, 9.17) is 4.42 Å². The molecule has 1 unspecified atom stereocenters. The van der Waals surface area contributed by atoms with Gasteiger partial charge in [0, 0.05) is 12.6 Å². The van der Waals surface area contributed by atoms with Crippen molar-refractivity contribution in [2.75, 3.05) is 5.32 Å². The molecule has 1 atom stereocenters. The molecule has 1 amide bonds. The zero-order valence-corrected chi connectivity index (χ0v) is 20.4. The number of nitrogens with zero attached hydrogens (tertiary/aromatic N) is 4. The molecule has 10 heteroatoms. The molecule has 2 heterocycles. The van der Waals surface area contributed by atoms with Gasteiger partial charge in [0.1, 0.15) is 10.9 Å². The Balaban J connectivity index is 1.70. The first-order chi connectivity index (χ1) is 16.8. The van der Waals surface area contributed by atoms with Gasteiger partial charge in [-0.3, -0.25) is 19.5 Å². The van der Waals surface area contributed by atoms with Gasteiger partial charge in [-0.05, 0) is 42.2 Å². The van der Waals surface area contributed by atoms with Crippen LogP contribution in [0.25, 0.3) is 11.6 Å². The highest BCUT2D eigenvalue weighted by Gasteiger charge is 2.28. The van der Waals surface area contributed by atoms with Gasteiger partial charge < -0.3 is 9.73 Å². The van der Waals surface area contributed by atoms with Crippen LogP contribution in [0.5, 0.6) is 0 Å². The topological polar surface area (TPSA) is 116 Å². The molecule has 180 valence electrons. The molecule has 0 spiro atoms. The van der Waals surface area contributed by atoms with Crippen molar-refractivity contribution in [3.05, 3.63) is 88.2 Å². The van der Waals surface area contributed by atoms with Gasteiger partial charge in [-0.2, -0.15) is 0 Å². The summed E-state index contributed by atoms with van der Waals surface area (Å²) in [5.74, 6) is 1.05. The molecular formula is C25H25N5O4S. The number of rotatable bonds is 9. The summed E-state index contributed by atoms with van der Waals surface area (Å²) in [7, 11) is 0. The minimum atomic E-state index is -0.725. The van der Waals surface area contributed by atoms with Gasteiger partial charge in [0.15, 0.2) is 16.7 Å². The Kier molecular flexibility index (Phi) is 7.31. The Morgan fingerprint density at radius 3 is 2.57 bits per heavy atom. The maximum Gasteiger partial charge on any atom is 0.293 e. The number of hydrogen-bond donors (Lipinski definition) is 1. The number of nitro groups is 1. The second-order valence-electron chi connectivity index (χ2n) is 8.46. The number of nitrogens with one attached hydrogen (secondary N) is 1. The average Bonchev–Trinajstić information content (AvgIpc) is 3.49. The predicted molar refractivity (Wildman–Crippen MR) is 134 cm³/mol. The molecule has 0 aliphatic carbocycles. The maximum atomic E-state index is 13.5. The molecule has 2 aromatic heterocycles. The number of aryl methyl sites for hydroxylation is 1. The van der Waals surface area contributed by atoms with Gasteiger partial charge in [-0.25, -0.2) is 0 Å². The lowest BCUT2D eigenvalue weighted by atomic mass is 10.1. The molecule has 35 heavy (non-hydrogen) atoms. The molecule has 0 radical (unpaired) electrons. The number of furan rings is 1. The molecule has 0 fully saturated rings. The molecule has 2 aromatic carbocycles. The molecule has 4 rings (SSSR count). The normalized spacial score (nSPS) is 12.0. The summed E-state index contributed by atoms with van der Waals surface area (Å²) in [4.78, 5) is 24.6. The molecule has 0 saturated heterocycles. The highest BCUT2D eigenvalue weighted by atomic mass is 32.2. The van der Waals surface area contributed by atoms with E-state index in [9.17, 15) is 14.9 Å². The maximum absolute atomic E-state index is 13.5. The van der Waals surface area contributed by atoms with Crippen molar-refractivity contribution in [1.29, 1.82) is 0 Å². The number of carbonyl (C=O) groups excluding carboxylic acids is 1. The third kappa shape index (κ3) is 5.60. The summed E-state index contributed by atoms with van der Waals surface area (Å²) in [5, 5.41) is 22.8. The largest absolute Gasteiger partial charge is 0.461 e. The van der Waals surface area contributed by atoms with Gasteiger partial charge in [0.2, 0.25) is 5.91 Å². The van der Waals surface area contributed by atoms with Crippen LogP contribution in [0, 0.1) is 23.0 Å². The van der Waals surface area contributed by atoms with Crippen LogP contribution in [0.2, 0.25) is 0 Å². The second kappa shape index (κ2) is 10.6. The van der Waals surface area contributed by atoms with Gasteiger partial charge in [-0.1, -0.05) is 62.0 Å². The highest BCUT2D eigenvalue weighted by molar-refractivity contribution is 8.00. The Bertz CT molecular complexity index is 1320. The smallest absolute Gasteiger partial charge is 0.293 e. The zero-order valence-electron chi connectivity index (χ0n) is 19.5. The Morgan fingerprint density at radius 2 is 1.91 bits per heavy atom. The van der Waals surface area contributed by atoms with E-state index in [2.05, 4.69) is 29.4 Å². The summed E-state index contributed by atoms with van der Waals surface area (Å²) in [6.07, 6.45) is 1.57. The minimum Gasteiger partial charge on any atom is -0.461 e. The van der Waals surface area contributed by atoms with Crippen molar-refractivity contribution in [3.63, 3.8) is 0 Å². The molecule has 0 bridgehead atoms. The molecular weight excluding hydrogens is 466 g/mol. The van der Waals surface area contributed by atoms with Crippen molar-refractivity contribution < 1.29 is 14.1 Å². The van der Waals surface area contributed by atoms with Crippen LogP contribution in [0.1, 0.15) is 30.2 Å². The van der Waals surface area contributed by atoms with Gasteiger partial charge in [-0.15, -0.1) is 10.2 Å². The average molecular weight is 492 g/mol. The second-order valence-corrected chi connectivity index (χ2v) is 9.54. The number of benzene rings is 2. The van der Waals surface area contributed by atoms with Crippen molar-refractivity contribution in [1.82, 2.24) is 14.8 Å². The van der Waals surface area contributed by atoms with Crippen LogP contribution in [0.3, 0.4) is 0 Å². The standard InChI is InChI=1S/C25H25N5O4S/c1-16(2)15-29-23(21-10-7-13-34-21)27-28-25(29)35-22(18-8-5-4-6-9-18)24(31)26-19-12-11-17(3)14-20(19)30(32)33/h4-14,16,22H,15H2,1-3H3,(H,26,31). The highest BCUT2D eigenvalue weighted by Crippen LogP contribution is 2.38. The lowest BCUT2D eigenvalue weighted by Crippen LogP contribution is -2.20. The fraction of sp³-hybridized carbons (Fsp3) is 0.240. The van der Waals surface area contributed by atoms with Gasteiger partial charge in [0.05, 0.1) is 11.2 Å². The van der Waals surface area contributed by atoms with Crippen LogP contribution < -0.4 is 5.32 Å². The van der Waals surface area contributed by atoms with Gasteiger partial charge in [0.25, 0.3) is 5.69 Å². The predicted octanol–water partition coefficient (Wildman–Crippen LogP) is 5.88. The Labute approximate surface area is 206 Å². The lowest BCUT2D eigenvalue weighted by molar-refractivity contribution is -0.384. The summed E-state index contributed by atoms with van der Waals surface area (Å²) < 4.78 is 7.48. The van der Waals surface area contributed by atoms with Crippen LogP contribution in [0.15, 0.2) is 76.5 Å². The molecule has 0 aliphatic heterocycles. The van der Waals surface area contributed by atoms with E-state index in [1.807, 2.05) is 41.0 Å². The molecule has 4 aromatic rings. The summed E-state index contributed by atoms with van der Waals surface area (Å²) in [6, 6.07) is 17.6. The summed E-state index contributed by atoms with van der Waals surface area (Å²) in [6.45, 7) is 6.55. The first kappa shape index (κ1) is 24.2. The molecule has 0 saturated carbocycles. The van der Waals surface area contributed by atoms with E-state index in [0.29, 0.717) is 29.2 Å². The molecule has 1 N–H and O–H groups in total. The first-order valence-electron chi connectivity index (χ1n) is 11.1. The molecule has 0 aliphatic rings. The zero-order chi connectivity index (χ0) is 24.9. The fourth-order valence-corrected chi connectivity index (χ4v) is 4.64. The lowest BCUT2D eigenvalue weighted by Gasteiger charge is -2.18. The van der Waals surface area contributed by atoms with Crippen LogP contribution >= 0.6 is 11.8 Å². The minimum absolute atomic E-state index is 0.145. The third-order valence-electron chi connectivity index (χ3n) is 5.18. The summed E-state index contributed by atoms with van der Waals surface area (Å²) in [5.41, 5.74) is 1.46. The Morgan fingerprint density at radius 1 is 1.14 bits per heavy atom. The van der Waals surface area contributed by atoms with E-state index >= 15 is 0 Å². The van der Waals surface area contributed by atoms with Crippen molar-refractivity contribution in [2.45, 2.75) is 37.7 Å². The van der Waals surface area contributed by atoms with E-state index in [1.165, 1.54) is 17.8 Å². The third-order valence-corrected chi connectivity index (χ3v) is 6.41. The SMILES string of the molecule is Cc1ccc(NC(=O)C(Sc2nnc(-c3ccco3)n2CC(C)C)c2ccccc2)c([N+](=O)[O-])c1.